The van der Waals surface area contributed by atoms with Gasteiger partial charge in [0.15, 0.2) is 5.65 Å². The molecule has 1 amide bonds. The Morgan fingerprint density at radius 1 is 1.23 bits per heavy atom. The molecule has 0 unspecified atom stereocenters. The number of halogens is 1. The summed E-state index contributed by atoms with van der Waals surface area (Å²) in [6, 6.07) is 13.4. The van der Waals surface area contributed by atoms with Crippen molar-refractivity contribution in [3.63, 3.8) is 0 Å². The lowest BCUT2D eigenvalue weighted by Gasteiger charge is -2.25. The highest BCUT2D eigenvalue weighted by atomic mass is 19.1. The molecule has 1 aliphatic rings. The molecule has 0 saturated carbocycles. The Balaban J connectivity index is 1.48. The number of fused-ring (bicyclic) bond motifs is 1. The second-order valence-corrected chi connectivity index (χ2v) is 10.3. The largest absolute Gasteiger partial charge is 0.457 e. The van der Waals surface area contributed by atoms with Crippen LogP contribution in [0.4, 0.5) is 10.2 Å². The third-order valence-corrected chi connectivity index (χ3v) is 6.60. The molecule has 10 nitrogen and oxygen atoms in total. The second-order valence-electron chi connectivity index (χ2n) is 10.3. The molecule has 4 N–H and O–H groups in total. The van der Waals surface area contributed by atoms with Crippen molar-refractivity contribution < 1.29 is 13.9 Å². The van der Waals surface area contributed by atoms with Gasteiger partial charge in [0.1, 0.15) is 35.2 Å². The van der Waals surface area contributed by atoms with Gasteiger partial charge in [-0.1, -0.05) is 24.3 Å². The molecule has 1 fully saturated rings. The second kappa shape index (κ2) is 10.7. The van der Waals surface area contributed by atoms with Gasteiger partial charge in [-0.25, -0.2) is 23.9 Å². The maximum Gasteiger partial charge on any atom is 0.252 e. The number of ether oxygens (including phenoxy) is 1. The summed E-state index contributed by atoms with van der Waals surface area (Å²) in [5.41, 5.74) is 12.4. The molecule has 0 bridgehead atoms. The SMILES string of the molecule is [C-]#[N+]C(=CC(C)(C)N)C(=O)N1CCC[C@@H]1Cn1nc(-c2ccc(Oc3ccccc3)cc2F)c2c(N)ncnc21. The van der Waals surface area contributed by atoms with Crippen molar-refractivity contribution in [3.8, 4) is 22.8 Å². The van der Waals surface area contributed by atoms with E-state index in [1.165, 1.54) is 18.5 Å². The number of likely N-dealkylation sites (tertiary alicyclic amines) is 1. The number of hydrogen-bond donors (Lipinski definition) is 2. The summed E-state index contributed by atoms with van der Waals surface area (Å²) in [7, 11) is 0. The summed E-state index contributed by atoms with van der Waals surface area (Å²) in [5, 5.41) is 5.11. The van der Waals surface area contributed by atoms with Crippen LogP contribution in [0.3, 0.4) is 0 Å². The summed E-state index contributed by atoms with van der Waals surface area (Å²) in [4.78, 5) is 26.9. The van der Waals surface area contributed by atoms with Gasteiger partial charge in [-0.15, -0.1) is 0 Å². The first-order chi connectivity index (χ1) is 19.1. The normalized spacial score (nSPS) is 15.8. The highest BCUT2D eigenvalue weighted by Gasteiger charge is 2.33. The van der Waals surface area contributed by atoms with Crippen LogP contribution in [0, 0.1) is 12.4 Å². The summed E-state index contributed by atoms with van der Waals surface area (Å²) in [6.45, 7) is 11.8. The standard InChI is InChI=1S/C29H29FN8O2/c1-29(2,32)15-23(33-3)28(39)37-13-7-8-18(37)16-38-27-24(26(31)34-17-35-27)25(36-38)21-12-11-20(14-22(21)30)40-19-9-5-4-6-10-19/h4-6,9-12,14-15,17-18H,7-8,13,16,32H2,1-2H3,(H2,31,34,35)/t18-/m1/s1. The molecule has 2 aromatic carbocycles. The van der Waals surface area contributed by atoms with Crippen molar-refractivity contribution in [1.29, 1.82) is 0 Å². The number of aromatic nitrogens is 4. The number of amides is 1. The lowest BCUT2D eigenvalue weighted by molar-refractivity contribution is -0.127. The fraction of sp³-hybridized carbons (Fsp3) is 0.276. The Hall–Kier alpha value is -4.82. The molecular weight excluding hydrogens is 511 g/mol. The predicted octanol–water partition coefficient (Wildman–Crippen LogP) is 4.54. The summed E-state index contributed by atoms with van der Waals surface area (Å²) < 4.78 is 22.8. The zero-order valence-electron chi connectivity index (χ0n) is 22.2. The van der Waals surface area contributed by atoms with Gasteiger partial charge >= 0.3 is 0 Å². The van der Waals surface area contributed by atoms with Crippen LogP contribution in [-0.2, 0) is 11.3 Å². The Labute approximate surface area is 230 Å². The molecule has 0 spiro atoms. The van der Waals surface area contributed by atoms with Crippen LogP contribution < -0.4 is 16.2 Å². The van der Waals surface area contributed by atoms with Crippen molar-refractivity contribution >= 4 is 22.8 Å². The molecule has 2 aromatic heterocycles. The number of rotatable bonds is 7. The van der Waals surface area contributed by atoms with E-state index in [1.807, 2.05) is 18.2 Å². The molecule has 40 heavy (non-hydrogen) atoms. The fourth-order valence-electron chi connectivity index (χ4n) is 4.86. The Morgan fingerprint density at radius 2 is 2.00 bits per heavy atom. The average molecular weight is 541 g/mol. The van der Waals surface area contributed by atoms with Crippen LogP contribution >= 0.6 is 0 Å². The summed E-state index contributed by atoms with van der Waals surface area (Å²) in [6.07, 6.45) is 4.29. The number of carbonyl (C=O) groups excluding carboxylic acids is 1. The molecule has 204 valence electrons. The van der Waals surface area contributed by atoms with E-state index in [2.05, 4.69) is 14.8 Å². The highest BCUT2D eigenvalue weighted by Crippen LogP contribution is 2.35. The molecule has 11 heteroatoms. The van der Waals surface area contributed by atoms with Crippen LogP contribution in [0.2, 0.25) is 0 Å². The molecule has 3 heterocycles. The summed E-state index contributed by atoms with van der Waals surface area (Å²) in [5.74, 6) is 0.172. The van der Waals surface area contributed by atoms with E-state index in [0.29, 0.717) is 41.2 Å². The van der Waals surface area contributed by atoms with Crippen molar-refractivity contribution in [1.82, 2.24) is 24.6 Å². The number of nitrogens with two attached hydrogens (primary N) is 2. The molecule has 0 aliphatic carbocycles. The maximum absolute atomic E-state index is 15.4. The molecular formula is C29H29FN8O2. The topological polar surface area (TPSA) is 130 Å². The van der Waals surface area contributed by atoms with Crippen molar-refractivity contribution in [2.24, 2.45) is 5.73 Å². The monoisotopic (exact) mass is 540 g/mol. The number of nitrogens with zero attached hydrogens (tertiary/aromatic N) is 6. The fourth-order valence-corrected chi connectivity index (χ4v) is 4.86. The van der Waals surface area contributed by atoms with E-state index in [4.69, 9.17) is 27.9 Å². The van der Waals surface area contributed by atoms with Gasteiger partial charge in [0, 0.05) is 23.7 Å². The Kier molecular flexibility index (Phi) is 7.19. The van der Waals surface area contributed by atoms with E-state index in [9.17, 15) is 4.79 Å². The van der Waals surface area contributed by atoms with E-state index < -0.39 is 11.4 Å². The maximum atomic E-state index is 15.4. The van der Waals surface area contributed by atoms with Crippen LogP contribution in [0.15, 0.2) is 66.6 Å². The Bertz CT molecular complexity index is 1640. The predicted molar refractivity (Wildman–Crippen MR) is 149 cm³/mol. The minimum atomic E-state index is -0.807. The highest BCUT2D eigenvalue weighted by molar-refractivity contribution is 5.98. The zero-order valence-corrected chi connectivity index (χ0v) is 22.2. The lowest BCUT2D eigenvalue weighted by atomic mass is 10.1. The first-order valence-corrected chi connectivity index (χ1v) is 12.8. The Morgan fingerprint density at radius 3 is 2.70 bits per heavy atom. The molecule has 0 radical (unpaired) electrons. The van der Waals surface area contributed by atoms with Crippen molar-refractivity contribution in [2.45, 2.75) is 44.8 Å². The number of nitrogen functional groups attached to an aromatic ring is 1. The number of benzene rings is 2. The zero-order chi connectivity index (χ0) is 28.4. The average Bonchev–Trinajstić information content (AvgIpc) is 3.53. The minimum absolute atomic E-state index is 0.0168. The van der Waals surface area contributed by atoms with Crippen LogP contribution in [0.5, 0.6) is 11.5 Å². The smallest absolute Gasteiger partial charge is 0.252 e. The summed E-state index contributed by atoms with van der Waals surface area (Å²) >= 11 is 0. The van der Waals surface area contributed by atoms with Crippen LogP contribution in [0.1, 0.15) is 26.7 Å². The van der Waals surface area contributed by atoms with Crippen molar-refractivity contribution in [3.05, 3.63) is 83.9 Å². The number of anilines is 1. The first-order valence-electron chi connectivity index (χ1n) is 12.8. The van der Waals surface area contributed by atoms with E-state index >= 15 is 4.39 Å². The van der Waals surface area contributed by atoms with Gasteiger partial charge in [0.2, 0.25) is 5.70 Å². The molecule has 1 atom stereocenters. The van der Waals surface area contributed by atoms with Crippen LogP contribution in [0.25, 0.3) is 27.1 Å². The van der Waals surface area contributed by atoms with E-state index in [0.717, 1.165) is 6.42 Å². The van der Waals surface area contributed by atoms with Gasteiger partial charge in [0.25, 0.3) is 5.91 Å². The van der Waals surface area contributed by atoms with Crippen molar-refractivity contribution in [2.75, 3.05) is 12.3 Å². The molecule has 5 rings (SSSR count). The molecule has 1 saturated heterocycles. The minimum Gasteiger partial charge on any atom is -0.457 e. The number of carbonyl (C=O) groups is 1. The van der Waals surface area contributed by atoms with Gasteiger partial charge < -0.3 is 21.1 Å². The van der Waals surface area contributed by atoms with E-state index in [1.54, 1.807) is 47.7 Å². The van der Waals surface area contributed by atoms with Gasteiger partial charge in [0.05, 0.1) is 24.5 Å². The van der Waals surface area contributed by atoms with Gasteiger partial charge in [-0.05, 0) is 51.0 Å². The number of para-hydroxylation sites is 1. The molecule has 1 aliphatic heterocycles. The van der Waals surface area contributed by atoms with E-state index in [-0.39, 0.29) is 35.6 Å². The quantitative estimate of drug-likeness (QED) is 0.260. The van der Waals surface area contributed by atoms with Gasteiger partial charge in [-0.3, -0.25) is 4.79 Å². The lowest BCUT2D eigenvalue weighted by Crippen LogP contribution is -2.40. The van der Waals surface area contributed by atoms with Crippen LogP contribution in [-0.4, -0.2) is 48.7 Å². The molecule has 4 aromatic rings. The third-order valence-electron chi connectivity index (χ3n) is 6.60. The third kappa shape index (κ3) is 5.48. The first kappa shape index (κ1) is 26.8. The number of hydrogen-bond acceptors (Lipinski definition) is 7. The van der Waals surface area contributed by atoms with Gasteiger partial charge in [-0.2, -0.15) is 5.10 Å².